The number of ether oxygens (including phenoxy) is 1. The van der Waals surface area contributed by atoms with Gasteiger partial charge in [-0.05, 0) is 29.5 Å². The Balaban J connectivity index is 2.87. The molecule has 0 atom stereocenters. The van der Waals surface area contributed by atoms with Crippen LogP contribution in [-0.2, 0) is 4.74 Å². The molecule has 0 saturated carbocycles. The molecule has 0 bridgehead atoms. The van der Waals surface area contributed by atoms with Crippen LogP contribution in [0, 0.1) is 3.01 Å². The molecule has 1 rings (SSSR count). The third kappa shape index (κ3) is 2.30. The van der Waals surface area contributed by atoms with Crippen molar-refractivity contribution >= 4 is 51.5 Å². The molecule has 0 spiro atoms. The number of hydrogen-bond acceptors (Lipinski definition) is 4. The predicted molar refractivity (Wildman–Crippen MR) is 55.8 cm³/mol. The van der Waals surface area contributed by atoms with Gasteiger partial charge >= 0.3 is 5.97 Å². The highest BCUT2D eigenvalue weighted by atomic mass is 127. The Morgan fingerprint density at radius 1 is 1.83 bits per heavy atom. The van der Waals surface area contributed by atoms with Gasteiger partial charge in [-0.3, -0.25) is 0 Å². The molecule has 1 aromatic heterocycles. The topological polar surface area (TPSA) is 39.2 Å². The van der Waals surface area contributed by atoms with E-state index in [4.69, 9.17) is 16.3 Å². The van der Waals surface area contributed by atoms with E-state index < -0.39 is 5.97 Å². The van der Waals surface area contributed by atoms with Crippen molar-refractivity contribution < 1.29 is 9.53 Å². The van der Waals surface area contributed by atoms with E-state index in [0.29, 0.717) is 10.9 Å². The van der Waals surface area contributed by atoms with Crippen LogP contribution >= 0.6 is 45.5 Å². The van der Waals surface area contributed by atoms with Crippen LogP contribution in [-0.4, -0.2) is 17.6 Å². The maximum atomic E-state index is 11.1. The molecule has 1 heterocycles. The number of rotatable bonds is 2. The molecule has 0 aromatic carbocycles. The molecule has 0 amide bonds. The van der Waals surface area contributed by atoms with Crippen LogP contribution in [0.5, 0.6) is 0 Å². The number of halogens is 2. The summed E-state index contributed by atoms with van der Waals surface area (Å²) in [6.07, 6.45) is 0. The zero-order valence-corrected chi connectivity index (χ0v) is 9.86. The van der Waals surface area contributed by atoms with E-state index in [1.54, 1.807) is 6.92 Å². The van der Waals surface area contributed by atoms with Crippen LogP contribution in [0.25, 0.3) is 0 Å². The van der Waals surface area contributed by atoms with Gasteiger partial charge in [0.15, 0.2) is 8.71 Å². The molecule has 0 fully saturated rings. The average Bonchev–Trinajstić information content (AvgIpc) is 2.30. The Morgan fingerprint density at radius 3 is 2.92 bits per heavy atom. The lowest BCUT2D eigenvalue weighted by Gasteiger charge is -1.96. The zero-order chi connectivity index (χ0) is 9.14. The van der Waals surface area contributed by atoms with E-state index >= 15 is 0 Å². The monoisotopic (exact) mass is 317 g/mol. The lowest BCUT2D eigenvalue weighted by molar-refractivity contribution is 0.0520. The normalized spacial score (nSPS) is 9.92. The Labute approximate surface area is 92.2 Å². The van der Waals surface area contributed by atoms with Gasteiger partial charge in [-0.1, -0.05) is 22.9 Å². The number of aromatic nitrogens is 1. The van der Waals surface area contributed by atoms with E-state index in [1.807, 2.05) is 22.6 Å². The molecule has 1 aromatic rings. The summed E-state index contributed by atoms with van der Waals surface area (Å²) in [5, 5.41) is 0. The first-order chi connectivity index (χ1) is 5.65. The predicted octanol–water partition coefficient (Wildman–Crippen LogP) is 2.58. The fourth-order valence-corrected chi connectivity index (χ4v) is 2.74. The third-order valence-electron chi connectivity index (χ3n) is 1.03. The van der Waals surface area contributed by atoms with Crippen molar-refractivity contribution in [2.24, 2.45) is 0 Å². The van der Waals surface area contributed by atoms with E-state index in [2.05, 4.69) is 4.98 Å². The van der Waals surface area contributed by atoms with Crippen LogP contribution in [0.15, 0.2) is 0 Å². The first-order valence-electron chi connectivity index (χ1n) is 3.14. The molecule has 0 N–H and O–H groups in total. The first kappa shape index (κ1) is 10.2. The third-order valence-corrected chi connectivity index (χ3v) is 2.97. The molecule has 0 aliphatic carbocycles. The molecule has 12 heavy (non-hydrogen) atoms. The number of thiazole rings is 1. The van der Waals surface area contributed by atoms with Gasteiger partial charge in [0.1, 0.15) is 4.34 Å². The van der Waals surface area contributed by atoms with E-state index in [0.717, 1.165) is 3.01 Å². The number of carbonyl (C=O) groups is 1. The minimum absolute atomic E-state index is 0.216. The summed E-state index contributed by atoms with van der Waals surface area (Å²) in [5.74, 6) is -0.457. The van der Waals surface area contributed by atoms with Gasteiger partial charge in [0, 0.05) is 0 Å². The van der Waals surface area contributed by atoms with Gasteiger partial charge < -0.3 is 4.74 Å². The SMILES string of the molecule is CCOC(=O)c1nc(I)sc1Cl. The lowest BCUT2D eigenvalue weighted by Crippen LogP contribution is -2.05. The Morgan fingerprint density at radius 2 is 2.50 bits per heavy atom. The number of hydrogen-bond donors (Lipinski definition) is 0. The summed E-state index contributed by atoms with van der Waals surface area (Å²) in [6.45, 7) is 2.08. The van der Waals surface area contributed by atoms with Crippen molar-refractivity contribution in [3.8, 4) is 0 Å². The van der Waals surface area contributed by atoms with Gasteiger partial charge in [-0.2, -0.15) is 0 Å². The van der Waals surface area contributed by atoms with Crippen LogP contribution in [0.1, 0.15) is 17.4 Å². The zero-order valence-electron chi connectivity index (χ0n) is 6.13. The van der Waals surface area contributed by atoms with Gasteiger partial charge in [0.2, 0.25) is 0 Å². The summed E-state index contributed by atoms with van der Waals surface area (Å²) in [4.78, 5) is 15.0. The van der Waals surface area contributed by atoms with Gasteiger partial charge in [0.05, 0.1) is 6.61 Å². The second-order valence-electron chi connectivity index (χ2n) is 1.81. The lowest BCUT2D eigenvalue weighted by atomic mass is 10.5. The van der Waals surface area contributed by atoms with Crippen LogP contribution in [0.3, 0.4) is 0 Å². The summed E-state index contributed by atoms with van der Waals surface area (Å²) in [7, 11) is 0. The highest BCUT2D eigenvalue weighted by Crippen LogP contribution is 2.25. The number of esters is 1. The fourth-order valence-electron chi connectivity index (χ4n) is 0.602. The minimum Gasteiger partial charge on any atom is -0.461 e. The van der Waals surface area contributed by atoms with Gasteiger partial charge in [0.25, 0.3) is 0 Å². The van der Waals surface area contributed by atoms with Gasteiger partial charge in [-0.15, -0.1) is 0 Å². The maximum Gasteiger partial charge on any atom is 0.359 e. The van der Waals surface area contributed by atoms with Crippen molar-refractivity contribution in [1.82, 2.24) is 4.98 Å². The second-order valence-corrected chi connectivity index (χ2v) is 5.16. The van der Waals surface area contributed by atoms with Gasteiger partial charge in [-0.25, -0.2) is 9.78 Å². The van der Waals surface area contributed by atoms with E-state index in [1.165, 1.54) is 11.3 Å². The quantitative estimate of drug-likeness (QED) is 0.622. The highest BCUT2D eigenvalue weighted by molar-refractivity contribution is 14.1. The van der Waals surface area contributed by atoms with Crippen LogP contribution in [0.4, 0.5) is 0 Å². The summed E-state index contributed by atoms with van der Waals surface area (Å²) < 4.78 is 5.86. The van der Waals surface area contributed by atoms with Crippen molar-refractivity contribution in [3.05, 3.63) is 13.0 Å². The number of carbonyl (C=O) groups excluding carboxylic acids is 1. The largest absolute Gasteiger partial charge is 0.461 e. The standard InChI is InChI=1S/C6H5ClINO2S/c1-2-11-5(10)3-4(7)12-6(8)9-3/h2H2,1H3. The molecule has 6 heteroatoms. The van der Waals surface area contributed by atoms with Crippen molar-refractivity contribution in [1.29, 1.82) is 0 Å². The van der Waals surface area contributed by atoms with Crippen molar-refractivity contribution in [2.45, 2.75) is 6.92 Å². The summed E-state index contributed by atoms with van der Waals surface area (Å²) in [6, 6.07) is 0. The summed E-state index contributed by atoms with van der Waals surface area (Å²) in [5.41, 5.74) is 0.216. The van der Waals surface area contributed by atoms with E-state index in [-0.39, 0.29) is 5.69 Å². The van der Waals surface area contributed by atoms with Crippen molar-refractivity contribution in [2.75, 3.05) is 6.61 Å². The molecule has 0 radical (unpaired) electrons. The molecule has 66 valence electrons. The fraction of sp³-hybridized carbons (Fsp3) is 0.333. The Kier molecular flexibility index (Phi) is 3.73. The van der Waals surface area contributed by atoms with Crippen LogP contribution in [0.2, 0.25) is 4.34 Å². The minimum atomic E-state index is -0.457. The van der Waals surface area contributed by atoms with Crippen LogP contribution < -0.4 is 0 Å². The second kappa shape index (κ2) is 4.38. The Bertz CT molecular complexity index is 302. The smallest absolute Gasteiger partial charge is 0.359 e. The van der Waals surface area contributed by atoms with E-state index in [9.17, 15) is 4.79 Å². The molecule has 3 nitrogen and oxygen atoms in total. The maximum absolute atomic E-state index is 11.1. The highest BCUT2D eigenvalue weighted by Gasteiger charge is 2.16. The summed E-state index contributed by atoms with van der Waals surface area (Å²) >= 11 is 8.99. The molecule has 0 aliphatic rings. The molecular weight excluding hydrogens is 312 g/mol. The molecule has 0 unspecified atom stereocenters. The molecule has 0 saturated heterocycles. The van der Waals surface area contributed by atoms with Crippen molar-refractivity contribution in [3.63, 3.8) is 0 Å². The first-order valence-corrected chi connectivity index (χ1v) is 5.41. The number of nitrogens with zero attached hydrogens (tertiary/aromatic N) is 1. The Hall–Kier alpha value is 0.120. The molecular formula is C6H5ClINO2S. The molecule has 0 aliphatic heterocycles. The average molecular weight is 318 g/mol.